The van der Waals surface area contributed by atoms with Crippen molar-refractivity contribution in [3.63, 3.8) is 0 Å². The fourth-order valence-corrected chi connectivity index (χ4v) is 1.37. The van der Waals surface area contributed by atoms with Crippen molar-refractivity contribution in [3.05, 3.63) is 23.2 Å². The molecule has 0 fully saturated rings. The summed E-state index contributed by atoms with van der Waals surface area (Å²) in [6.07, 6.45) is 3.95. The van der Waals surface area contributed by atoms with E-state index in [1.807, 2.05) is 26.1 Å². The average Bonchev–Trinajstić information content (AvgIpc) is 2.31. The van der Waals surface area contributed by atoms with Crippen molar-refractivity contribution in [3.8, 4) is 0 Å². The molecule has 1 aromatic heterocycles. The Morgan fingerprint density at radius 3 is 2.69 bits per heavy atom. The van der Waals surface area contributed by atoms with Crippen LogP contribution in [-0.4, -0.2) is 4.57 Å². The summed E-state index contributed by atoms with van der Waals surface area (Å²) in [6.45, 7) is 6.87. The molecule has 0 aromatic carbocycles. The van der Waals surface area contributed by atoms with Crippen LogP contribution in [-0.2, 0) is 6.54 Å². The quantitative estimate of drug-likeness (QED) is 0.726. The molecule has 0 spiro atoms. The molecule has 72 valence electrons. The van der Waals surface area contributed by atoms with Gasteiger partial charge in [0.05, 0.1) is 11.4 Å². The number of anilines is 1. The highest BCUT2D eigenvalue weighted by atomic mass is 15.0. The molecule has 3 nitrogen and oxygen atoms in total. The Hall–Kier alpha value is -1.38. The lowest BCUT2D eigenvalue weighted by Gasteiger charge is -2.03. The van der Waals surface area contributed by atoms with E-state index in [0.717, 1.165) is 29.2 Å². The van der Waals surface area contributed by atoms with E-state index < -0.39 is 0 Å². The molecule has 0 aliphatic heterocycles. The Morgan fingerprint density at radius 1 is 1.62 bits per heavy atom. The molecule has 3 heteroatoms. The molecule has 0 atom stereocenters. The van der Waals surface area contributed by atoms with Crippen LogP contribution < -0.4 is 11.5 Å². The summed E-state index contributed by atoms with van der Waals surface area (Å²) in [5.74, 6) is 0. The van der Waals surface area contributed by atoms with Gasteiger partial charge in [-0.05, 0) is 32.4 Å². The van der Waals surface area contributed by atoms with Crippen LogP contribution in [0, 0.1) is 6.92 Å². The van der Waals surface area contributed by atoms with Crippen LogP contribution in [0.3, 0.4) is 0 Å². The molecule has 0 radical (unpaired) electrons. The standard InChI is InChI=1S/C10H17N3/c1-4-13-6-7(2)10(12)9(13)5-8(3)11/h5-6H,4,11-12H2,1-3H3/b8-5-. The van der Waals surface area contributed by atoms with Crippen molar-refractivity contribution in [2.75, 3.05) is 5.73 Å². The van der Waals surface area contributed by atoms with E-state index in [1.165, 1.54) is 0 Å². The van der Waals surface area contributed by atoms with E-state index in [9.17, 15) is 0 Å². The first-order valence-electron chi connectivity index (χ1n) is 4.45. The molecule has 13 heavy (non-hydrogen) atoms. The number of allylic oxidation sites excluding steroid dienone is 1. The summed E-state index contributed by atoms with van der Waals surface area (Å²) in [4.78, 5) is 0. The molecule has 0 amide bonds. The minimum Gasteiger partial charge on any atom is -0.402 e. The second-order valence-corrected chi connectivity index (χ2v) is 3.29. The number of nitrogen functional groups attached to an aromatic ring is 1. The lowest BCUT2D eigenvalue weighted by atomic mass is 10.2. The SMILES string of the molecule is CCn1cc(C)c(N)c1/C=C(/C)N. The van der Waals surface area contributed by atoms with Gasteiger partial charge in [-0.25, -0.2) is 0 Å². The van der Waals surface area contributed by atoms with Crippen LogP contribution in [0.1, 0.15) is 25.1 Å². The summed E-state index contributed by atoms with van der Waals surface area (Å²) < 4.78 is 2.10. The van der Waals surface area contributed by atoms with Gasteiger partial charge < -0.3 is 16.0 Å². The van der Waals surface area contributed by atoms with Crippen molar-refractivity contribution in [1.29, 1.82) is 0 Å². The van der Waals surface area contributed by atoms with Gasteiger partial charge >= 0.3 is 0 Å². The van der Waals surface area contributed by atoms with Gasteiger partial charge in [-0.1, -0.05) is 0 Å². The van der Waals surface area contributed by atoms with Gasteiger partial charge in [-0.3, -0.25) is 0 Å². The van der Waals surface area contributed by atoms with Gasteiger partial charge in [-0.2, -0.15) is 0 Å². The maximum atomic E-state index is 5.91. The highest BCUT2D eigenvalue weighted by Crippen LogP contribution is 2.21. The number of rotatable bonds is 2. The van der Waals surface area contributed by atoms with Crippen molar-refractivity contribution in [1.82, 2.24) is 4.57 Å². The van der Waals surface area contributed by atoms with Gasteiger partial charge in [-0.15, -0.1) is 0 Å². The predicted octanol–water partition coefficient (Wildman–Crippen LogP) is 1.72. The van der Waals surface area contributed by atoms with Gasteiger partial charge in [0.15, 0.2) is 0 Å². The number of nitrogens with zero attached hydrogens (tertiary/aromatic N) is 1. The van der Waals surface area contributed by atoms with Crippen LogP contribution >= 0.6 is 0 Å². The van der Waals surface area contributed by atoms with E-state index in [4.69, 9.17) is 11.5 Å². The van der Waals surface area contributed by atoms with Crippen molar-refractivity contribution < 1.29 is 0 Å². The number of aryl methyl sites for hydroxylation is 2. The van der Waals surface area contributed by atoms with Gasteiger partial charge in [0, 0.05) is 18.4 Å². The monoisotopic (exact) mass is 179 g/mol. The highest BCUT2D eigenvalue weighted by molar-refractivity contribution is 5.66. The summed E-state index contributed by atoms with van der Waals surface area (Å²) in [5.41, 5.74) is 15.2. The molecule has 0 aliphatic rings. The average molecular weight is 179 g/mol. The molecule has 1 aromatic rings. The predicted molar refractivity (Wildman–Crippen MR) is 57.1 cm³/mol. The Bertz CT molecular complexity index is 330. The van der Waals surface area contributed by atoms with E-state index >= 15 is 0 Å². The molecule has 1 heterocycles. The second kappa shape index (κ2) is 3.56. The molecular formula is C10H17N3. The molecule has 0 aliphatic carbocycles. The molecule has 4 N–H and O–H groups in total. The van der Waals surface area contributed by atoms with Gasteiger partial charge in [0.1, 0.15) is 0 Å². The number of hydrogen-bond acceptors (Lipinski definition) is 2. The second-order valence-electron chi connectivity index (χ2n) is 3.29. The van der Waals surface area contributed by atoms with Crippen LogP contribution in [0.4, 0.5) is 5.69 Å². The molecular weight excluding hydrogens is 162 g/mol. The fourth-order valence-electron chi connectivity index (χ4n) is 1.37. The smallest absolute Gasteiger partial charge is 0.0660 e. The molecule has 1 rings (SSSR count). The largest absolute Gasteiger partial charge is 0.402 e. The van der Waals surface area contributed by atoms with Crippen molar-refractivity contribution in [2.24, 2.45) is 5.73 Å². The lowest BCUT2D eigenvalue weighted by molar-refractivity contribution is 0.760. The summed E-state index contributed by atoms with van der Waals surface area (Å²) in [7, 11) is 0. The summed E-state index contributed by atoms with van der Waals surface area (Å²) >= 11 is 0. The lowest BCUT2D eigenvalue weighted by Crippen LogP contribution is -1.99. The third-order valence-corrected chi connectivity index (χ3v) is 2.06. The number of nitrogens with two attached hydrogens (primary N) is 2. The van der Waals surface area contributed by atoms with E-state index in [2.05, 4.69) is 11.5 Å². The normalized spacial score (nSPS) is 12.1. The molecule has 0 saturated heterocycles. The first-order chi connectivity index (χ1) is 6.06. The topological polar surface area (TPSA) is 57.0 Å². The van der Waals surface area contributed by atoms with Crippen molar-refractivity contribution >= 4 is 11.8 Å². The summed E-state index contributed by atoms with van der Waals surface area (Å²) in [5, 5.41) is 0. The van der Waals surface area contributed by atoms with Crippen LogP contribution in [0.15, 0.2) is 11.9 Å². The van der Waals surface area contributed by atoms with Crippen LogP contribution in [0.2, 0.25) is 0 Å². The fraction of sp³-hybridized carbons (Fsp3) is 0.400. The van der Waals surface area contributed by atoms with Crippen molar-refractivity contribution in [2.45, 2.75) is 27.3 Å². The Labute approximate surface area is 79.0 Å². The maximum Gasteiger partial charge on any atom is 0.0660 e. The van der Waals surface area contributed by atoms with Crippen LogP contribution in [0.25, 0.3) is 6.08 Å². The van der Waals surface area contributed by atoms with E-state index in [-0.39, 0.29) is 0 Å². The third-order valence-electron chi connectivity index (χ3n) is 2.06. The van der Waals surface area contributed by atoms with E-state index in [1.54, 1.807) is 0 Å². The molecule has 0 saturated carbocycles. The zero-order valence-electron chi connectivity index (χ0n) is 8.46. The van der Waals surface area contributed by atoms with E-state index in [0.29, 0.717) is 0 Å². The minimum atomic E-state index is 0.777. The molecule has 0 unspecified atom stereocenters. The first-order valence-corrected chi connectivity index (χ1v) is 4.45. The summed E-state index contributed by atoms with van der Waals surface area (Å²) in [6, 6.07) is 0. The van der Waals surface area contributed by atoms with Crippen LogP contribution in [0.5, 0.6) is 0 Å². The Kier molecular flexibility index (Phi) is 2.66. The van der Waals surface area contributed by atoms with Gasteiger partial charge in [0.25, 0.3) is 0 Å². The third kappa shape index (κ3) is 1.86. The number of aromatic nitrogens is 1. The highest BCUT2D eigenvalue weighted by Gasteiger charge is 2.06. The maximum absolute atomic E-state index is 5.91. The first kappa shape index (κ1) is 9.71. The minimum absolute atomic E-state index is 0.777. The number of hydrogen-bond donors (Lipinski definition) is 2. The zero-order valence-corrected chi connectivity index (χ0v) is 8.46. The molecule has 0 bridgehead atoms. The Morgan fingerprint density at radius 2 is 2.23 bits per heavy atom. The zero-order chi connectivity index (χ0) is 10.0. The Balaban J connectivity index is 3.24. The van der Waals surface area contributed by atoms with Gasteiger partial charge in [0.2, 0.25) is 0 Å².